The third-order valence-corrected chi connectivity index (χ3v) is 7.37. The summed E-state index contributed by atoms with van der Waals surface area (Å²) < 4.78 is 23.3. The van der Waals surface area contributed by atoms with Crippen molar-refractivity contribution >= 4 is 43.9 Å². The first-order valence-corrected chi connectivity index (χ1v) is 11.6. The second kappa shape index (κ2) is 6.94. The van der Waals surface area contributed by atoms with Gasteiger partial charge < -0.3 is 9.88 Å². The Hall–Kier alpha value is -3.20. The molecule has 1 amide bonds. The molecule has 1 aromatic heterocycles. The Morgan fingerprint density at radius 2 is 1.67 bits per heavy atom. The van der Waals surface area contributed by atoms with Crippen LogP contribution in [0.5, 0.6) is 0 Å². The molecule has 2 aromatic carbocycles. The van der Waals surface area contributed by atoms with Crippen LogP contribution in [0.3, 0.4) is 0 Å². The van der Waals surface area contributed by atoms with Gasteiger partial charge in [0.05, 0.1) is 35.3 Å². The molecule has 0 radical (unpaired) electrons. The number of Topliss-reactive ketones (excluding diaryl/α,β-unsaturated/α-hetero) is 1. The molecule has 3 heterocycles. The third-order valence-electron chi connectivity index (χ3n) is 5.76. The van der Waals surface area contributed by atoms with E-state index in [4.69, 9.17) is 0 Å². The highest BCUT2D eigenvalue weighted by atomic mass is 32.2. The van der Waals surface area contributed by atoms with E-state index < -0.39 is 15.9 Å². The number of benzene rings is 2. The molecule has 2 aliphatic heterocycles. The molecule has 2 saturated heterocycles. The second-order valence-corrected chi connectivity index (χ2v) is 9.95. The van der Waals surface area contributed by atoms with Gasteiger partial charge in [0.25, 0.3) is 0 Å². The van der Waals surface area contributed by atoms with Crippen LogP contribution in [0.2, 0.25) is 0 Å². The lowest BCUT2D eigenvalue weighted by Crippen LogP contribution is -2.40. The Morgan fingerprint density at radius 1 is 0.967 bits per heavy atom. The molecule has 154 valence electrons. The van der Waals surface area contributed by atoms with E-state index in [-0.39, 0.29) is 29.6 Å². The van der Waals surface area contributed by atoms with Crippen LogP contribution in [0.25, 0.3) is 11.0 Å². The zero-order valence-electron chi connectivity index (χ0n) is 16.1. The van der Waals surface area contributed by atoms with Crippen molar-refractivity contribution in [3.63, 3.8) is 0 Å². The van der Waals surface area contributed by atoms with Crippen molar-refractivity contribution in [2.24, 2.45) is 0 Å². The van der Waals surface area contributed by atoms with E-state index in [1.165, 1.54) is 0 Å². The Kier molecular flexibility index (Phi) is 4.35. The number of H-pyrrole nitrogens is 1. The van der Waals surface area contributed by atoms with Gasteiger partial charge in [-0.2, -0.15) is 0 Å². The number of rotatable bonds is 3. The molecule has 2 aliphatic rings. The SMILES string of the molecule is O=C1CC(=O)N(c2ccc3[nH]cnc3c2)C1c1ccc(N2CCS(=O)(=O)CC2)cc1. The van der Waals surface area contributed by atoms with Crippen molar-refractivity contribution in [2.75, 3.05) is 34.4 Å². The number of aromatic amines is 1. The van der Waals surface area contributed by atoms with E-state index in [9.17, 15) is 18.0 Å². The highest BCUT2D eigenvalue weighted by Crippen LogP contribution is 2.36. The number of carbonyl (C=O) groups is 2. The fraction of sp³-hybridized carbons (Fsp3) is 0.286. The van der Waals surface area contributed by atoms with E-state index in [1.54, 1.807) is 17.3 Å². The summed E-state index contributed by atoms with van der Waals surface area (Å²) in [4.78, 5) is 36.1. The molecule has 0 aliphatic carbocycles. The number of imidazole rings is 1. The number of hydrogen-bond acceptors (Lipinski definition) is 6. The van der Waals surface area contributed by atoms with Crippen molar-refractivity contribution in [1.82, 2.24) is 9.97 Å². The minimum absolute atomic E-state index is 0.130. The van der Waals surface area contributed by atoms with Gasteiger partial charge in [-0.1, -0.05) is 12.1 Å². The Bertz CT molecular complexity index is 1240. The van der Waals surface area contributed by atoms with Crippen molar-refractivity contribution in [3.05, 3.63) is 54.4 Å². The number of hydrogen-bond donors (Lipinski definition) is 1. The molecule has 30 heavy (non-hydrogen) atoms. The summed E-state index contributed by atoms with van der Waals surface area (Å²) in [6.45, 7) is 0.913. The van der Waals surface area contributed by atoms with Crippen LogP contribution in [0.15, 0.2) is 48.8 Å². The molecular weight excluding hydrogens is 404 g/mol. The van der Waals surface area contributed by atoms with Crippen LogP contribution < -0.4 is 9.80 Å². The van der Waals surface area contributed by atoms with Crippen LogP contribution >= 0.6 is 0 Å². The molecule has 2 fully saturated rings. The quantitative estimate of drug-likeness (QED) is 0.644. The summed E-state index contributed by atoms with van der Waals surface area (Å²) in [5.41, 5.74) is 3.88. The summed E-state index contributed by atoms with van der Waals surface area (Å²) in [5, 5.41) is 0. The molecule has 8 nitrogen and oxygen atoms in total. The van der Waals surface area contributed by atoms with Gasteiger partial charge in [-0.15, -0.1) is 0 Å². The molecule has 0 bridgehead atoms. The number of nitrogens with one attached hydrogen (secondary N) is 1. The predicted molar refractivity (Wildman–Crippen MR) is 113 cm³/mol. The fourth-order valence-corrected chi connectivity index (χ4v) is 5.36. The lowest BCUT2D eigenvalue weighted by molar-refractivity contribution is -0.121. The highest BCUT2D eigenvalue weighted by Gasteiger charge is 2.40. The number of carbonyl (C=O) groups excluding carboxylic acids is 2. The summed E-state index contributed by atoms with van der Waals surface area (Å²) >= 11 is 0. The number of ketones is 1. The molecule has 1 atom stereocenters. The maximum absolute atomic E-state index is 12.7. The van der Waals surface area contributed by atoms with Gasteiger partial charge in [0.2, 0.25) is 5.91 Å². The van der Waals surface area contributed by atoms with Gasteiger partial charge in [0, 0.05) is 24.5 Å². The van der Waals surface area contributed by atoms with E-state index >= 15 is 0 Å². The largest absolute Gasteiger partial charge is 0.369 e. The minimum atomic E-state index is -2.95. The van der Waals surface area contributed by atoms with E-state index in [2.05, 4.69) is 9.97 Å². The average Bonchev–Trinajstić information content (AvgIpc) is 3.31. The smallest absolute Gasteiger partial charge is 0.235 e. The van der Waals surface area contributed by atoms with Crippen LogP contribution in [0.1, 0.15) is 18.0 Å². The minimum Gasteiger partial charge on any atom is -0.369 e. The standard InChI is InChI=1S/C21H20N4O4S/c26-19-12-20(27)25(16-5-6-17-18(11-16)23-13-22-17)21(19)14-1-3-15(4-2-14)24-7-9-30(28,29)10-8-24/h1-6,11,13,21H,7-10,12H2,(H,22,23). The number of nitrogens with zero attached hydrogens (tertiary/aromatic N) is 3. The van der Waals surface area contributed by atoms with Crippen LogP contribution in [-0.4, -0.2) is 54.7 Å². The van der Waals surface area contributed by atoms with Gasteiger partial charge in [-0.3, -0.25) is 14.5 Å². The molecule has 0 saturated carbocycles. The Labute approximate surface area is 173 Å². The van der Waals surface area contributed by atoms with Gasteiger partial charge in [0.15, 0.2) is 15.6 Å². The normalized spacial score (nSPS) is 21.5. The summed E-state index contributed by atoms with van der Waals surface area (Å²) in [7, 11) is -2.95. The van der Waals surface area contributed by atoms with Gasteiger partial charge >= 0.3 is 0 Å². The number of anilines is 2. The summed E-state index contributed by atoms with van der Waals surface area (Å²) in [6, 6.07) is 12.3. The summed E-state index contributed by atoms with van der Waals surface area (Å²) in [6.07, 6.45) is 1.46. The lowest BCUT2D eigenvalue weighted by atomic mass is 10.0. The maximum atomic E-state index is 12.7. The molecule has 0 spiro atoms. The zero-order valence-corrected chi connectivity index (χ0v) is 16.9. The zero-order chi connectivity index (χ0) is 20.9. The first kappa shape index (κ1) is 18.8. The van der Waals surface area contributed by atoms with Crippen LogP contribution in [0.4, 0.5) is 11.4 Å². The van der Waals surface area contributed by atoms with Gasteiger partial charge in [-0.05, 0) is 35.9 Å². The highest BCUT2D eigenvalue weighted by molar-refractivity contribution is 7.91. The predicted octanol–water partition coefficient (Wildman–Crippen LogP) is 1.84. The van der Waals surface area contributed by atoms with Crippen molar-refractivity contribution in [1.29, 1.82) is 0 Å². The van der Waals surface area contributed by atoms with E-state index in [0.29, 0.717) is 18.8 Å². The molecule has 9 heteroatoms. The fourth-order valence-electron chi connectivity index (χ4n) is 4.16. The molecular formula is C21H20N4O4S. The molecule has 1 N–H and O–H groups in total. The van der Waals surface area contributed by atoms with Crippen molar-refractivity contribution in [2.45, 2.75) is 12.5 Å². The first-order chi connectivity index (χ1) is 14.4. The number of sulfone groups is 1. The average molecular weight is 424 g/mol. The number of fused-ring (bicyclic) bond motifs is 1. The molecule has 1 unspecified atom stereocenters. The van der Waals surface area contributed by atoms with Crippen molar-refractivity contribution in [3.8, 4) is 0 Å². The third kappa shape index (κ3) is 3.24. The second-order valence-electron chi connectivity index (χ2n) is 7.64. The number of aromatic nitrogens is 2. The Balaban J connectivity index is 1.44. The van der Waals surface area contributed by atoms with Gasteiger partial charge in [0.1, 0.15) is 6.04 Å². The Morgan fingerprint density at radius 3 is 2.40 bits per heavy atom. The van der Waals surface area contributed by atoms with Gasteiger partial charge in [-0.25, -0.2) is 13.4 Å². The topological polar surface area (TPSA) is 103 Å². The van der Waals surface area contributed by atoms with Crippen LogP contribution in [-0.2, 0) is 19.4 Å². The monoisotopic (exact) mass is 424 g/mol. The maximum Gasteiger partial charge on any atom is 0.235 e. The molecule has 5 rings (SSSR count). The van der Waals surface area contributed by atoms with E-state index in [0.717, 1.165) is 22.3 Å². The van der Waals surface area contributed by atoms with E-state index in [1.807, 2.05) is 41.3 Å². The number of amides is 1. The molecule has 3 aromatic rings. The van der Waals surface area contributed by atoms with Crippen molar-refractivity contribution < 1.29 is 18.0 Å². The van der Waals surface area contributed by atoms with Crippen LogP contribution in [0, 0.1) is 0 Å². The first-order valence-electron chi connectivity index (χ1n) is 9.74. The summed E-state index contributed by atoms with van der Waals surface area (Å²) in [5.74, 6) is -0.0779. The lowest BCUT2D eigenvalue weighted by Gasteiger charge is -2.29.